The summed E-state index contributed by atoms with van der Waals surface area (Å²) in [6, 6.07) is 8.93. The Morgan fingerprint density at radius 3 is 2.54 bits per heavy atom. The van der Waals surface area contributed by atoms with Gasteiger partial charge in [0.25, 0.3) is 0 Å². The van der Waals surface area contributed by atoms with Gasteiger partial charge in [0.2, 0.25) is 10.0 Å². The van der Waals surface area contributed by atoms with Crippen LogP contribution < -0.4 is 4.74 Å². The van der Waals surface area contributed by atoms with Gasteiger partial charge in [-0.2, -0.15) is 4.31 Å². The molecule has 0 fully saturated rings. The van der Waals surface area contributed by atoms with Gasteiger partial charge in [0.05, 0.1) is 10.5 Å². The number of ether oxygens (including phenoxy) is 1. The summed E-state index contributed by atoms with van der Waals surface area (Å²) in [7, 11) is -3.80. The standard InChI is InChI=1S/C16H14FNO5S/c17-13-3-5-14(6-4-13)24(21,22)18-7-8-23-15-9-11(16(19)20)1-2-12(15)10-18/h1-6,9H,7-8,10H2,(H,19,20). The van der Waals surface area contributed by atoms with Gasteiger partial charge in [-0.05, 0) is 36.4 Å². The Labute approximate surface area is 138 Å². The molecule has 0 saturated carbocycles. The molecule has 0 atom stereocenters. The van der Waals surface area contributed by atoms with Crippen LogP contribution in [0.25, 0.3) is 0 Å². The number of aromatic carboxylic acids is 1. The predicted octanol–water partition coefficient (Wildman–Crippen LogP) is 2.11. The van der Waals surface area contributed by atoms with Gasteiger partial charge in [-0.25, -0.2) is 17.6 Å². The highest BCUT2D eigenvalue weighted by Gasteiger charge is 2.28. The van der Waals surface area contributed by atoms with E-state index in [1.165, 1.54) is 34.6 Å². The zero-order valence-electron chi connectivity index (χ0n) is 12.5. The van der Waals surface area contributed by atoms with Gasteiger partial charge in [0, 0.05) is 18.7 Å². The quantitative estimate of drug-likeness (QED) is 0.916. The molecule has 2 aromatic carbocycles. The lowest BCUT2D eigenvalue weighted by Crippen LogP contribution is -2.32. The van der Waals surface area contributed by atoms with E-state index >= 15 is 0 Å². The van der Waals surface area contributed by atoms with Crippen molar-refractivity contribution >= 4 is 16.0 Å². The smallest absolute Gasteiger partial charge is 0.335 e. The van der Waals surface area contributed by atoms with E-state index < -0.39 is 21.8 Å². The lowest BCUT2D eigenvalue weighted by atomic mass is 10.1. The van der Waals surface area contributed by atoms with Gasteiger partial charge < -0.3 is 9.84 Å². The van der Waals surface area contributed by atoms with Crippen LogP contribution in [0.5, 0.6) is 5.75 Å². The number of fused-ring (bicyclic) bond motifs is 1. The fourth-order valence-corrected chi connectivity index (χ4v) is 3.84. The van der Waals surface area contributed by atoms with Crippen LogP contribution >= 0.6 is 0 Å². The number of carbonyl (C=O) groups is 1. The number of nitrogens with zero attached hydrogens (tertiary/aromatic N) is 1. The van der Waals surface area contributed by atoms with Crippen molar-refractivity contribution in [3.63, 3.8) is 0 Å². The number of benzene rings is 2. The lowest BCUT2D eigenvalue weighted by Gasteiger charge is -2.19. The first-order valence-corrected chi connectivity index (χ1v) is 8.57. The second kappa shape index (κ2) is 6.21. The molecule has 1 aliphatic heterocycles. The van der Waals surface area contributed by atoms with Crippen molar-refractivity contribution in [3.05, 3.63) is 59.4 Å². The largest absolute Gasteiger partial charge is 0.492 e. The zero-order chi connectivity index (χ0) is 17.3. The van der Waals surface area contributed by atoms with Crippen molar-refractivity contribution in [2.24, 2.45) is 0 Å². The van der Waals surface area contributed by atoms with Crippen molar-refractivity contribution in [1.29, 1.82) is 0 Å². The molecule has 126 valence electrons. The third-order valence-corrected chi connectivity index (χ3v) is 5.57. The van der Waals surface area contributed by atoms with Gasteiger partial charge >= 0.3 is 5.97 Å². The van der Waals surface area contributed by atoms with Crippen LogP contribution in [0.2, 0.25) is 0 Å². The van der Waals surface area contributed by atoms with Crippen molar-refractivity contribution in [2.75, 3.05) is 13.2 Å². The highest BCUT2D eigenvalue weighted by atomic mass is 32.2. The van der Waals surface area contributed by atoms with E-state index in [4.69, 9.17) is 9.84 Å². The van der Waals surface area contributed by atoms with Crippen LogP contribution in [0.15, 0.2) is 47.4 Å². The summed E-state index contributed by atoms with van der Waals surface area (Å²) in [5, 5.41) is 9.02. The third-order valence-electron chi connectivity index (χ3n) is 3.71. The molecule has 0 unspecified atom stereocenters. The fourth-order valence-electron chi connectivity index (χ4n) is 2.44. The number of sulfonamides is 1. The second-order valence-corrected chi connectivity index (χ2v) is 7.21. The zero-order valence-corrected chi connectivity index (χ0v) is 13.3. The molecule has 1 aliphatic rings. The molecule has 0 saturated heterocycles. The lowest BCUT2D eigenvalue weighted by molar-refractivity contribution is 0.0696. The summed E-state index contributed by atoms with van der Waals surface area (Å²) in [6.07, 6.45) is 0. The van der Waals surface area contributed by atoms with Gasteiger partial charge in [0.15, 0.2) is 0 Å². The molecule has 0 radical (unpaired) electrons. The monoisotopic (exact) mass is 351 g/mol. The first-order chi connectivity index (χ1) is 11.4. The van der Waals surface area contributed by atoms with Gasteiger partial charge in [-0.3, -0.25) is 0 Å². The minimum absolute atomic E-state index is 0.00509. The Hall–Kier alpha value is -2.45. The highest BCUT2D eigenvalue weighted by Crippen LogP contribution is 2.27. The van der Waals surface area contributed by atoms with Crippen LogP contribution in [0, 0.1) is 5.82 Å². The predicted molar refractivity (Wildman–Crippen MR) is 82.9 cm³/mol. The Kier molecular flexibility index (Phi) is 4.25. The molecule has 8 heteroatoms. The molecule has 0 aromatic heterocycles. The molecule has 0 amide bonds. The maximum atomic E-state index is 13.0. The summed E-state index contributed by atoms with van der Waals surface area (Å²) < 4.78 is 45.1. The molecule has 0 spiro atoms. The average molecular weight is 351 g/mol. The van der Waals surface area contributed by atoms with Crippen molar-refractivity contribution in [3.8, 4) is 5.75 Å². The molecule has 1 N–H and O–H groups in total. The van der Waals surface area contributed by atoms with E-state index in [1.54, 1.807) is 0 Å². The molecule has 2 aromatic rings. The highest BCUT2D eigenvalue weighted by molar-refractivity contribution is 7.89. The summed E-state index contributed by atoms with van der Waals surface area (Å²) in [5.74, 6) is -1.24. The van der Waals surface area contributed by atoms with Crippen LogP contribution in [0.4, 0.5) is 4.39 Å². The number of hydrogen-bond donors (Lipinski definition) is 1. The van der Waals surface area contributed by atoms with E-state index in [9.17, 15) is 17.6 Å². The van der Waals surface area contributed by atoms with Gasteiger partial charge in [-0.1, -0.05) is 6.07 Å². The minimum atomic E-state index is -3.80. The van der Waals surface area contributed by atoms with Crippen molar-refractivity contribution < 1.29 is 27.4 Å². The normalized spacial score (nSPS) is 15.2. The fraction of sp³-hybridized carbons (Fsp3) is 0.188. The van der Waals surface area contributed by atoms with E-state index in [0.717, 1.165) is 12.1 Å². The Balaban J connectivity index is 1.93. The topological polar surface area (TPSA) is 83.9 Å². The summed E-state index contributed by atoms with van der Waals surface area (Å²) >= 11 is 0. The van der Waals surface area contributed by atoms with Crippen LogP contribution in [-0.4, -0.2) is 37.0 Å². The molecule has 0 aliphatic carbocycles. The number of carboxylic acids is 1. The van der Waals surface area contributed by atoms with Crippen molar-refractivity contribution in [2.45, 2.75) is 11.4 Å². The van der Waals surface area contributed by atoms with E-state index in [2.05, 4.69) is 0 Å². The molecule has 3 rings (SSSR count). The molecule has 6 nitrogen and oxygen atoms in total. The molecule has 24 heavy (non-hydrogen) atoms. The minimum Gasteiger partial charge on any atom is -0.492 e. The number of hydrogen-bond acceptors (Lipinski definition) is 4. The number of rotatable bonds is 3. The van der Waals surface area contributed by atoms with Crippen LogP contribution in [-0.2, 0) is 16.6 Å². The van der Waals surface area contributed by atoms with Gasteiger partial charge in [-0.15, -0.1) is 0 Å². The van der Waals surface area contributed by atoms with Crippen LogP contribution in [0.3, 0.4) is 0 Å². The average Bonchev–Trinajstić information content (AvgIpc) is 2.77. The maximum Gasteiger partial charge on any atom is 0.335 e. The second-order valence-electron chi connectivity index (χ2n) is 5.27. The summed E-state index contributed by atoms with van der Waals surface area (Å²) in [5.41, 5.74) is 0.645. The first kappa shape index (κ1) is 16.4. The maximum absolute atomic E-state index is 13.0. The van der Waals surface area contributed by atoms with E-state index in [1.807, 2.05) is 0 Å². The molecular weight excluding hydrogens is 337 g/mol. The third kappa shape index (κ3) is 3.10. The van der Waals surface area contributed by atoms with Crippen molar-refractivity contribution in [1.82, 2.24) is 4.31 Å². The Morgan fingerprint density at radius 1 is 1.17 bits per heavy atom. The Bertz CT molecular complexity index is 880. The SMILES string of the molecule is O=C(O)c1ccc2c(c1)OCCN(S(=O)(=O)c1ccc(F)cc1)C2. The number of carboxylic acid groups (broad SMARTS) is 1. The number of halogens is 1. The van der Waals surface area contributed by atoms with Crippen LogP contribution in [0.1, 0.15) is 15.9 Å². The first-order valence-electron chi connectivity index (χ1n) is 7.12. The summed E-state index contributed by atoms with van der Waals surface area (Å²) in [4.78, 5) is 11.0. The van der Waals surface area contributed by atoms with E-state index in [0.29, 0.717) is 11.3 Å². The molecule has 0 bridgehead atoms. The van der Waals surface area contributed by atoms with Gasteiger partial charge in [0.1, 0.15) is 18.2 Å². The molecule has 1 heterocycles. The Morgan fingerprint density at radius 2 is 1.88 bits per heavy atom. The van der Waals surface area contributed by atoms with E-state index in [-0.39, 0.29) is 30.2 Å². The molecular formula is C16H14FNO5S. The summed E-state index contributed by atoms with van der Waals surface area (Å²) in [6.45, 7) is 0.252.